The zero-order valence-electron chi connectivity index (χ0n) is 19.4. The van der Waals surface area contributed by atoms with E-state index in [1.807, 2.05) is 6.08 Å². The van der Waals surface area contributed by atoms with Gasteiger partial charge in [-0.05, 0) is 82.0 Å². The van der Waals surface area contributed by atoms with E-state index in [1.54, 1.807) is 0 Å². The van der Waals surface area contributed by atoms with Gasteiger partial charge in [0, 0.05) is 0 Å². The molecule has 1 unspecified atom stereocenters. The van der Waals surface area contributed by atoms with E-state index in [4.69, 9.17) is 4.21 Å². The van der Waals surface area contributed by atoms with Gasteiger partial charge in [0.2, 0.25) is 0 Å². The number of rotatable bonds is 16. The minimum atomic E-state index is -0.632. The lowest BCUT2D eigenvalue weighted by atomic mass is 9.82. The van der Waals surface area contributed by atoms with Crippen LogP contribution in [0.4, 0.5) is 0 Å². The van der Waals surface area contributed by atoms with E-state index in [0.717, 1.165) is 6.42 Å². The van der Waals surface area contributed by atoms with E-state index in [1.165, 1.54) is 62.1 Å². The second kappa shape index (κ2) is 14.8. The van der Waals surface area contributed by atoms with Crippen molar-refractivity contribution in [2.75, 3.05) is 6.66 Å². The van der Waals surface area contributed by atoms with Crippen LogP contribution >= 0.6 is 8.81 Å². The van der Waals surface area contributed by atoms with Crippen molar-refractivity contribution in [3.05, 3.63) is 35.6 Å². The largest absolute Gasteiger partial charge is 0.401 e. The molecule has 0 fully saturated rings. The van der Waals surface area contributed by atoms with Gasteiger partial charge < -0.3 is 4.21 Å². The quantitative estimate of drug-likeness (QED) is 0.109. The number of hydrogen-bond donors (Lipinski definition) is 0. The maximum Gasteiger partial charge on any atom is 0.197 e. The van der Waals surface area contributed by atoms with Crippen LogP contribution in [0.5, 0.6) is 0 Å². The smallest absolute Gasteiger partial charge is 0.197 e. The van der Waals surface area contributed by atoms with E-state index >= 15 is 0 Å². The minimum Gasteiger partial charge on any atom is -0.401 e. The summed E-state index contributed by atoms with van der Waals surface area (Å²) in [6.07, 6.45) is 18.0. The molecule has 1 nitrogen and oxygen atoms in total. The van der Waals surface area contributed by atoms with Crippen molar-refractivity contribution < 1.29 is 4.21 Å². The van der Waals surface area contributed by atoms with Crippen molar-refractivity contribution in [3.8, 4) is 0 Å². The lowest BCUT2D eigenvalue weighted by Crippen LogP contribution is -2.12. The first kappa shape index (κ1) is 26.8. The Balaban J connectivity index is 5.01. The first-order valence-electron chi connectivity index (χ1n) is 11.0. The minimum absolute atomic E-state index is 0.416. The molecule has 27 heavy (non-hydrogen) atoms. The van der Waals surface area contributed by atoms with Gasteiger partial charge >= 0.3 is 0 Å². The van der Waals surface area contributed by atoms with Gasteiger partial charge in [0.05, 0.1) is 0 Å². The Morgan fingerprint density at radius 1 is 1.00 bits per heavy atom. The van der Waals surface area contributed by atoms with E-state index in [2.05, 4.69) is 66.9 Å². The molecule has 0 saturated carbocycles. The Labute approximate surface area is 175 Å². The van der Waals surface area contributed by atoms with Gasteiger partial charge in [-0.3, -0.25) is 0 Å². The van der Waals surface area contributed by atoms with Crippen LogP contribution in [-0.4, -0.2) is 16.4 Å². The molecule has 0 aliphatic rings. The Hall–Kier alpha value is -0.173. The lowest BCUT2D eigenvalue weighted by molar-refractivity contribution is 0.297. The van der Waals surface area contributed by atoms with E-state index in [9.17, 15) is 0 Å². The molecule has 0 aromatic rings. The molecule has 0 rings (SSSR count). The third-order valence-corrected chi connectivity index (χ3v) is 8.26. The van der Waals surface area contributed by atoms with E-state index in [0.29, 0.717) is 19.6 Å². The fourth-order valence-corrected chi connectivity index (χ4v) is 5.86. The summed E-state index contributed by atoms with van der Waals surface area (Å²) in [4.78, 5) is 0. The Morgan fingerprint density at radius 3 is 2.11 bits per heavy atom. The summed E-state index contributed by atoms with van der Waals surface area (Å²) in [6, 6.07) is 0. The zero-order chi connectivity index (χ0) is 20.8. The number of hydrogen-bond acceptors (Lipinski definition) is 1. The molecule has 0 amide bonds. The molecular formula is C24H47OPSi. The predicted molar refractivity (Wildman–Crippen MR) is 131 cm³/mol. The van der Waals surface area contributed by atoms with Gasteiger partial charge in [-0.25, -0.2) is 0 Å². The van der Waals surface area contributed by atoms with Crippen molar-refractivity contribution in [1.29, 1.82) is 0 Å². The monoisotopic (exact) mass is 410 g/mol. The molecule has 0 aliphatic heterocycles. The van der Waals surface area contributed by atoms with Crippen molar-refractivity contribution in [2.45, 2.75) is 99.3 Å². The fourth-order valence-electron chi connectivity index (χ4n) is 3.86. The van der Waals surface area contributed by atoms with Crippen LogP contribution in [0.25, 0.3) is 0 Å². The second-order valence-electron chi connectivity index (χ2n) is 9.37. The highest BCUT2D eigenvalue weighted by Crippen LogP contribution is 2.32. The highest BCUT2D eigenvalue weighted by atomic mass is 31.1. The van der Waals surface area contributed by atoms with Crippen molar-refractivity contribution >= 4 is 18.6 Å². The van der Waals surface area contributed by atoms with Crippen LogP contribution in [-0.2, 0) is 4.21 Å². The van der Waals surface area contributed by atoms with Gasteiger partial charge in [-0.1, -0.05) is 79.2 Å². The van der Waals surface area contributed by atoms with Crippen molar-refractivity contribution in [2.24, 2.45) is 10.8 Å². The maximum absolute atomic E-state index is 5.96. The van der Waals surface area contributed by atoms with Crippen LogP contribution < -0.4 is 0 Å². The third kappa shape index (κ3) is 13.6. The molecule has 0 spiro atoms. The highest BCUT2D eigenvalue weighted by molar-refractivity contribution is 7.32. The van der Waals surface area contributed by atoms with Gasteiger partial charge in [0.25, 0.3) is 0 Å². The third-order valence-electron chi connectivity index (χ3n) is 5.48. The molecule has 0 aromatic carbocycles. The summed E-state index contributed by atoms with van der Waals surface area (Å²) in [5.41, 5.74) is 2.37. The molecule has 158 valence electrons. The zero-order valence-corrected chi connectivity index (χ0v) is 21.8. The Kier molecular flexibility index (Phi) is 14.7. The SMILES string of the molecule is C=C/C=C(CCC(C)(C)CCC)\C(=C/CCCC(C)(C)CCC)[SiH2]OPC. The summed E-state index contributed by atoms with van der Waals surface area (Å²) in [7, 11) is -0.0319. The number of unbranched alkanes of at least 4 members (excludes halogenated alkanes) is 1. The number of allylic oxidation sites excluding steroid dienone is 5. The van der Waals surface area contributed by atoms with Crippen molar-refractivity contribution in [1.82, 2.24) is 0 Å². The van der Waals surface area contributed by atoms with Crippen LogP contribution in [0.2, 0.25) is 0 Å². The van der Waals surface area contributed by atoms with Gasteiger partial charge in [0.15, 0.2) is 9.76 Å². The van der Waals surface area contributed by atoms with Crippen LogP contribution in [0.15, 0.2) is 35.6 Å². The standard InChI is InChI=1S/C24H47OPSi/c1-9-14-21(16-20-24(6,7)18-11-3)22(27-25-26-8)15-12-13-19-23(4,5)17-10-2/h9,14-15,26H,1,10-13,16-20,27H2,2-8H3/b21-14-,22-15+. The fraction of sp³-hybridized carbons (Fsp3) is 0.750. The summed E-state index contributed by atoms with van der Waals surface area (Å²) in [5, 5.41) is 1.52. The molecule has 3 heteroatoms. The summed E-state index contributed by atoms with van der Waals surface area (Å²) in [6.45, 7) is 20.3. The lowest BCUT2D eigenvalue weighted by Gasteiger charge is -2.25. The molecule has 1 atom stereocenters. The Bertz CT molecular complexity index is 463. The molecule has 0 radical (unpaired) electrons. The molecule has 0 bridgehead atoms. The average molecular weight is 411 g/mol. The summed E-state index contributed by atoms with van der Waals surface area (Å²) in [5.74, 6) is 0. The summed E-state index contributed by atoms with van der Waals surface area (Å²) >= 11 is 0. The summed E-state index contributed by atoms with van der Waals surface area (Å²) < 4.78 is 5.96. The topological polar surface area (TPSA) is 9.23 Å². The first-order chi connectivity index (χ1) is 12.7. The Morgan fingerprint density at radius 2 is 1.59 bits per heavy atom. The van der Waals surface area contributed by atoms with Gasteiger partial charge in [-0.15, -0.1) is 0 Å². The molecule has 0 saturated heterocycles. The molecule has 0 aliphatic carbocycles. The second-order valence-corrected chi connectivity index (χ2v) is 12.0. The molecule has 0 aromatic heterocycles. The van der Waals surface area contributed by atoms with Gasteiger partial charge in [-0.2, -0.15) is 0 Å². The normalized spacial score (nSPS) is 14.8. The molecule has 0 N–H and O–H groups in total. The highest BCUT2D eigenvalue weighted by Gasteiger charge is 2.18. The van der Waals surface area contributed by atoms with Gasteiger partial charge in [0.1, 0.15) is 0 Å². The molecular weight excluding hydrogens is 363 g/mol. The van der Waals surface area contributed by atoms with Crippen LogP contribution in [0, 0.1) is 10.8 Å². The van der Waals surface area contributed by atoms with Crippen LogP contribution in [0.1, 0.15) is 99.3 Å². The maximum atomic E-state index is 5.96. The predicted octanol–water partition coefficient (Wildman–Crippen LogP) is 7.91. The van der Waals surface area contributed by atoms with E-state index in [-0.39, 0.29) is 0 Å². The molecule has 0 heterocycles. The average Bonchev–Trinajstić information content (AvgIpc) is 2.58. The van der Waals surface area contributed by atoms with E-state index < -0.39 is 9.76 Å². The first-order valence-corrected chi connectivity index (χ1v) is 13.7. The van der Waals surface area contributed by atoms with Crippen molar-refractivity contribution in [3.63, 3.8) is 0 Å². The van der Waals surface area contributed by atoms with Crippen LogP contribution in [0.3, 0.4) is 0 Å².